The van der Waals surface area contributed by atoms with E-state index in [1.54, 1.807) is 12.1 Å². The monoisotopic (exact) mass is 265 g/mol. The Bertz CT molecular complexity index is 434. The molecule has 2 rings (SSSR count). The third-order valence-corrected chi connectivity index (χ3v) is 3.76. The Morgan fingerprint density at radius 3 is 2.95 bits per heavy atom. The van der Waals surface area contributed by atoms with Crippen LogP contribution in [0.3, 0.4) is 0 Å². The van der Waals surface area contributed by atoms with E-state index in [1.807, 2.05) is 12.1 Å². The van der Waals surface area contributed by atoms with E-state index < -0.39 is 5.97 Å². The number of carboxylic acid groups (broad SMARTS) is 1. The standard InChI is InChI=1S/C15H20FNO2/c16-8-7-12-4-3-9-17(10-12)11-13-5-1-2-6-14(13)15(18)19/h1-2,5-6,12H,3-4,7-11H2,(H,18,19). The van der Waals surface area contributed by atoms with Crippen LogP contribution in [0.25, 0.3) is 0 Å². The first-order valence-electron chi connectivity index (χ1n) is 6.80. The quantitative estimate of drug-likeness (QED) is 0.889. The van der Waals surface area contributed by atoms with E-state index in [0.717, 1.165) is 31.5 Å². The summed E-state index contributed by atoms with van der Waals surface area (Å²) in [6.07, 6.45) is 2.78. The summed E-state index contributed by atoms with van der Waals surface area (Å²) in [7, 11) is 0. The van der Waals surface area contributed by atoms with Crippen LogP contribution in [0.1, 0.15) is 35.2 Å². The van der Waals surface area contributed by atoms with Crippen LogP contribution < -0.4 is 0 Å². The minimum absolute atomic E-state index is 0.260. The number of aromatic carboxylic acids is 1. The average Bonchev–Trinajstić information content (AvgIpc) is 2.40. The van der Waals surface area contributed by atoms with Crippen molar-refractivity contribution in [1.82, 2.24) is 4.90 Å². The van der Waals surface area contributed by atoms with Crippen molar-refractivity contribution >= 4 is 5.97 Å². The van der Waals surface area contributed by atoms with Crippen molar-refractivity contribution in [1.29, 1.82) is 0 Å². The molecule has 0 saturated carbocycles. The summed E-state index contributed by atoms with van der Waals surface area (Å²) in [4.78, 5) is 13.4. The lowest BCUT2D eigenvalue weighted by Gasteiger charge is -2.32. The highest BCUT2D eigenvalue weighted by Crippen LogP contribution is 2.22. The van der Waals surface area contributed by atoms with Crippen LogP contribution in [-0.2, 0) is 6.54 Å². The Balaban J connectivity index is 2.02. The van der Waals surface area contributed by atoms with Crippen LogP contribution in [0.2, 0.25) is 0 Å². The van der Waals surface area contributed by atoms with E-state index in [9.17, 15) is 9.18 Å². The van der Waals surface area contributed by atoms with Gasteiger partial charge in [-0.2, -0.15) is 0 Å². The first-order valence-corrected chi connectivity index (χ1v) is 6.80. The predicted octanol–water partition coefficient (Wildman–Crippen LogP) is 2.96. The molecule has 0 aromatic heterocycles. The number of halogens is 1. The molecule has 104 valence electrons. The van der Waals surface area contributed by atoms with E-state index >= 15 is 0 Å². The fourth-order valence-electron chi connectivity index (χ4n) is 2.79. The molecule has 4 heteroatoms. The average molecular weight is 265 g/mol. The van der Waals surface area contributed by atoms with Crippen molar-refractivity contribution in [3.63, 3.8) is 0 Å². The summed E-state index contributed by atoms with van der Waals surface area (Å²) in [5.41, 5.74) is 1.21. The molecule has 1 aliphatic heterocycles. The van der Waals surface area contributed by atoms with Crippen LogP contribution in [0, 0.1) is 5.92 Å². The zero-order chi connectivity index (χ0) is 13.7. The van der Waals surface area contributed by atoms with Gasteiger partial charge in [0.2, 0.25) is 0 Å². The van der Waals surface area contributed by atoms with Crippen LogP contribution in [0.15, 0.2) is 24.3 Å². The molecule has 0 amide bonds. The van der Waals surface area contributed by atoms with Gasteiger partial charge in [0.05, 0.1) is 12.2 Å². The molecule has 19 heavy (non-hydrogen) atoms. The molecule has 0 aliphatic carbocycles. The number of carboxylic acids is 1. The highest BCUT2D eigenvalue weighted by atomic mass is 19.1. The summed E-state index contributed by atoms with van der Waals surface area (Å²) in [6.45, 7) is 2.23. The highest BCUT2D eigenvalue weighted by Gasteiger charge is 2.21. The molecule has 1 aromatic carbocycles. The second-order valence-corrected chi connectivity index (χ2v) is 5.18. The fraction of sp³-hybridized carbons (Fsp3) is 0.533. The Kier molecular flexibility index (Phi) is 4.91. The molecule has 1 aliphatic rings. The minimum atomic E-state index is -0.882. The first-order chi connectivity index (χ1) is 9.20. The number of rotatable bonds is 5. The van der Waals surface area contributed by atoms with Crippen LogP contribution in [-0.4, -0.2) is 35.7 Å². The van der Waals surface area contributed by atoms with Gasteiger partial charge in [-0.25, -0.2) is 4.79 Å². The number of alkyl halides is 1. The van der Waals surface area contributed by atoms with Gasteiger partial charge in [-0.05, 0) is 43.4 Å². The maximum Gasteiger partial charge on any atom is 0.336 e. The second kappa shape index (κ2) is 6.66. The van der Waals surface area contributed by atoms with Gasteiger partial charge in [-0.15, -0.1) is 0 Å². The SMILES string of the molecule is O=C(O)c1ccccc1CN1CCCC(CCF)C1. The second-order valence-electron chi connectivity index (χ2n) is 5.18. The topological polar surface area (TPSA) is 40.5 Å². The first kappa shape index (κ1) is 14.0. The summed E-state index contributed by atoms with van der Waals surface area (Å²) in [5, 5.41) is 9.16. The molecule has 1 saturated heterocycles. The molecule has 1 N–H and O–H groups in total. The fourth-order valence-corrected chi connectivity index (χ4v) is 2.79. The van der Waals surface area contributed by atoms with Gasteiger partial charge in [0.25, 0.3) is 0 Å². The van der Waals surface area contributed by atoms with Crippen molar-refractivity contribution in [3.05, 3.63) is 35.4 Å². The van der Waals surface area contributed by atoms with Gasteiger partial charge in [0.1, 0.15) is 0 Å². The zero-order valence-corrected chi connectivity index (χ0v) is 11.0. The van der Waals surface area contributed by atoms with Crippen molar-refractivity contribution in [2.24, 2.45) is 5.92 Å². The number of likely N-dealkylation sites (tertiary alicyclic amines) is 1. The van der Waals surface area contributed by atoms with Gasteiger partial charge < -0.3 is 5.11 Å². The molecule has 1 unspecified atom stereocenters. The van der Waals surface area contributed by atoms with Crippen molar-refractivity contribution in [2.45, 2.75) is 25.8 Å². The summed E-state index contributed by atoms with van der Waals surface area (Å²) in [6, 6.07) is 7.11. The molecule has 1 fully saturated rings. The smallest absolute Gasteiger partial charge is 0.336 e. The largest absolute Gasteiger partial charge is 0.478 e. The van der Waals surface area contributed by atoms with E-state index in [2.05, 4.69) is 4.90 Å². The molecular weight excluding hydrogens is 245 g/mol. The van der Waals surface area contributed by atoms with Gasteiger partial charge in [-0.3, -0.25) is 9.29 Å². The summed E-state index contributed by atoms with van der Waals surface area (Å²) < 4.78 is 12.4. The maximum atomic E-state index is 12.4. The molecule has 3 nitrogen and oxygen atoms in total. The predicted molar refractivity (Wildman–Crippen MR) is 72.0 cm³/mol. The number of hydrogen-bond donors (Lipinski definition) is 1. The number of nitrogens with zero attached hydrogens (tertiary/aromatic N) is 1. The molecule has 1 atom stereocenters. The normalized spacial score (nSPS) is 20.4. The Morgan fingerprint density at radius 2 is 2.21 bits per heavy atom. The Morgan fingerprint density at radius 1 is 1.42 bits per heavy atom. The molecule has 0 radical (unpaired) electrons. The third kappa shape index (κ3) is 3.77. The van der Waals surface area contributed by atoms with Crippen LogP contribution >= 0.6 is 0 Å². The maximum absolute atomic E-state index is 12.4. The Hall–Kier alpha value is -1.42. The number of benzene rings is 1. The van der Waals surface area contributed by atoms with Gasteiger partial charge in [-0.1, -0.05) is 18.2 Å². The lowest BCUT2D eigenvalue weighted by molar-refractivity contribution is 0.0693. The van der Waals surface area contributed by atoms with E-state index in [4.69, 9.17) is 5.11 Å². The van der Waals surface area contributed by atoms with Gasteiger partial charge in [0.15, 0.2) is 0 Å². The summed E-state index contributed by atoms with van der Waals surface area (Å²) >= 11 is 0. The lowest BCUT2D eigenvalue weighted by Crippen LogP contribution is -2.35. The number of piperidine rings is 1. The number of hydrogen-bond acceptors (Lipinski definition) is 2. The molecule has 1 heterocycles. The van der Waals surface area contributed by atoms with Crippen molar-refractivity contribution < 1.29 is 14.3 Å². The van der Waals surface area contributed by atoms with E-state index in [-0.39, 0.29) is 6.67 Å². The Labute approximate surface area is 113 Å². The molecule has 0 bridgehead atoms. The van der Waals surface area contributed by atoms with E-state index in [1.165, 1.54) is 0 Å². The summed E-state index contributed by atoms with van der Waals surface area (Å²) in [5.74, 6) is -0.469. The van der Waals surface area contributed by atoms with Crippen LogP contribution in [0.4, 0.5) is 4.39 Å². The van der Waals surface area contributed by atoms with Gasteiger partial charge >= 0.3 is 5.97 Å². The van der Waals surface area contributed by atoms with E-state index in [0.29, 0.717) is 24.4 Å². The van der Waals surface area contributed by atoms with Gasteiger partial charge in [0, 0.05) is 13.1 Å². The minimum Gasteiger partial charge on any atom is -0.478 e. The van der Waals surface area contributed by atoms with Crippen molar-refractivity contribution in [3.8, 4) is 0 Å². The molecule has 0 spiro atoms. The third-order valence-electron chi connectivity index (χ3n) is 3.76. The highest BCUT2D eigenvalue weighted by molar-refractivity contribution is 5.89. The number of carbonyl (C=O) groups is 1. The molecular formula is C15H20FNO2. The lowest BCUT2D eigenvalue weighted by atomic mass is 9.94. The van der Waals surface area contributed by atoms with Crippen LogP contribution in [0.5, 0.6) is 0 Å². The zero-order valence-electron chi connectivity index (χ0n) is 11.0. The van der Waals surface area contributed by atoms with Crippen molar-refractivity contribution in [2.75, 3.05) is 19.8 Å². The molecule has 1 aromatic rings.